The number of hydrogen-bond acceptors (Lipinski definition) is 0. The molecule has 13 heavy (non-hydrogen) atoms. The Morgan fingerprint density at radius 1 is 0.846 bits per heavy atom. The second kappa shape index (κ2) is 5.72. The zero-order valence-electron chi connectivity index (χ0n) is 10.2. The van der Waals surface area contributed by atoms with Crippen LogP contribution in [0.3, 0.4) is 0 Å². The Bertz CT molecular complexity index is 131. The van der Waals surface area contributed by atoms with Crippen molar-refractivity contribution in [2.45, 2.75) is 53.8 Å². The SMILES string of the molecule is [B][C@H](C)[C@H](C)C(C)C(C)C(C)CC. The predicted octanol–water partition coefficient (Wildman–Crippen LogP) is 3.92. The number of rotatable bonds is 5. The van der Waals surface area contributed by atoms with Gasteiger partial charge in [0.2, 0.25) is 0 Å². The van der Waals surface area contributed by atoms with Gasteiger partial charge in [-0.05, 0) is 23.7 Å². The largest absolute Gasteiger partial charge is 0.0774 e. The Balaban J connectivity index is 4.15. The lowest BCUT2D eigenvalue weighted by molar-refractivity contribution is 0.205. The molecule has 0 amide bonds. The van der Waals surface area contributed by atoms with E-state index < -0.39 is 0 Å². The van der Waals surface area contributed by atoms with Gasteiger partial charge in [0.15, 0.2) is 0 Å². The summed E-state index contributed by atoms with van der Waals surface area (Å²) in [5, 5.41) is 0. The summed E-state index contributed by atoms with van der Waals surface area (Å²) in [4.78, 5) is 0. The van der Waals surface area contributed by atoms with Crippen LogP contribution in [0, 0.1) is 23.7 Å². The third kappa shape index (κ3) is 3.75. The third-order valence-corrected chi connectivity index (χ3v) is 4.03. The molecule has 0 saturated heterocycles. The summed E-state index contributed by atoms with van der Waals surface area (Å²) >= 11 is 0. The van der Waals surface area contributed by atoms with Crippen LogP contribution in [0.1, 0.15) is 48.0 Å². The Hall–Kier alpha value is 0.0649. The van der Waals surface area contributed by atoms with Crippen molar-refractivity contribution in [1.29, 1.82) is 0 Å². The molecule has 1 heteroatoms. The zero-order chi connectivity index (χ0) is 10.6. The third-order valence-electron chi connectivity index (χ3n) is 4.03. The molecule has 3 unspecified atom stereocenters. The molecule has 0 rings (SSSR count). The van der Waals surface area contributed by atoms with Gasteiger partial charge in [-0.1, -0.05) is 53.8 Å². The summed E-state index contributed by atoms with van der Waals surface area (Å²) in [6.07, 6.45) is 1.27. The van der Waals surface area contributed by atoms with Crippen molar-refractivity contribution < 1.29 is 0 Å². The zero-order valence-corrected chi connectivity index (χ0v) is 10.2. The topological polar surface area (TPSA) is 0 Å². The second-order valence-corrected chi connectivity index (χ2v) is 4.82. The van der Waals surface area contributed by atoms with Crippen molar-refractivity contribution in [2.24, 2.45) is 23.7 Å². The van der Waals surface area contributed by atoms with Gasteiger partial charge in [0.25, 0.3) is 0 Å². The van der Waals surface area contributed by atoms with Crippen molar-refractivity contribution in [3.05, 3.63) is 0 Å². The van der Waals surface area contributed by atoms with E-state index >= 15 is 0 Å². The van der Waals surface area contributed by atoms with Gasteiger partial charge in [-0.25, -0.2) is 0 Å². The van der Waals surface area contributed by atoms with E-state index in [1.807, 2.05) is 0 Å². The molecule has 76 valence electrons. The lowest BCUT2D eigenvalue weighted by atomic mass is 9.68. The molecule has 5 atom stereocenters. The fourth-order valence-corrected chi connectivity index (χ4v) is 1.85. The van der Waals surface area contributed by atoms with Crippen molar-refractivity contribution in [2.75, 3.05) is 0 Å². The lowest BCUT2D eigenvalue weighted by Crippen LogP contribution is -2.24. The van der Waals surface area contributed by atoms with Gasteiger partial charge in [0, 0.05) is 0 Å². The molecule has 0 aromatic rings. The van der Waals surface area contributed by atoms with E-state index in [2.05, 4.69) is 41.5 Å². The number of hydrogen-bond donors (Lipinski definition) is 0. The van der Waals surface area contributed by atoms with Gasteiger partial charge in [-0.3, -0.25) is 0 Å². The first-order valence-electron chi connectivity index (χ1n) is 5.67. The first-order valence-corrected chi connectivity index (χ1v) is 5.67. The van der Waals surface area contributed by atoms with Crippen LogP contribution in [0.25, 0.3) is 0 Å². The normalized spacial score (nSPS) is 23.2. The molecule has 0 fully saturated rings. The average Bonchev–Trinajstić information content (AvgIpc) is 2.12. The van der Waals surface area contributed by atoms with Crippen LogP contribution < -0.4 is 0 Å². The van der Waals surface area contributed by atoms with E-state index in [0.717, 1.165) is 17.8 Å². The molecule has 0 N–H and O–H groups in total. The molecular formula is C12H25B. The fraction of sp³-hybridized carbons (Fsp3) is 1.00. The van der Waals surface area contributed by atoms with Crippen LogP contribution in [0.5, 0.6) is 0 Å². The highest BCUT2D eigenvalue weighted by Gasteiger charge is 2.24. The maximum Gasteiger partial charge on any atom is 0.0699 e. The molecule has 0 bridgehead atoms. The van der Waals surface area contributed by atoms with E-state index in [1.165, 1.54) is 6.42 Å². The molecular weight excluding hydrogens is 155 g/mol. The maximum absolute atomic E-state index is 5.92. The Labute approximate surface area is 85.9 Å². The minimum atomic E-state index is 0.321. The minimum Gasteiger partial charge on any atom is -0.0774 e. The van der Waals surface area contributed by atoms with Crippen molar-refractivity contribution in [3.8, 4) is 0 Å². The lowest BCUT2D eigenvalue weighted by Gasteiger charge is -2.32. The summed E-state index contributed by atoms with van der Waals surface area (Å²) in [5.41, 5.74) is 0. The Kier molecular flexibility index (Phi) is 5.75. The molecule has 0 nitrogen and oxygen atoms in total. The van der Waals surface area contributed by atoms with E-state index in [9.17, 15) is 0 Å². The smallest absolute Gasteiger partial charge is 0.0699 e. The minimum absolute atomic E-state index is 0.321. The van der Waals surface area contributed by atoms with Crippen LogP contribution in [-0.2, 0) is 0 Å². The molecule has 0 heterocycles. The van der Waals surface area contributed by atoms with Crippen LogP contribution >= 0.6 is 0 Å². The molecule has 2 radical (unpaired) electrons. The quantitative estimate of drug-likeness (QED) is 0.562. The van der Waals surface area contributed by atoms with E-state index in [-0.39, 0.29) is 0 Å². The molecule has 0 aliphatic rings. The van der Waals surface area contributed by atoms with Crippen LogP contribution in [0.4, 0.5) is 0 Å². The molecule has 0 aromatic carbocycles. The average molecular weight is 180 g/mol. The Morgan fingerprint density at radius 2 is 1.31 bits per heavy atom. The molecule has 0 spiro atoms. The van der Waals surface area contributed by atoms with Gasteiger partial charge < -0.3 is 0 Å². The second-order valence-electron chi connectivity index (χ2n) is 4.82. The van der Waals surface area contributed by atoms with Gasteiger partial charge in [-0.15, -0.1) is 0 Å². The molecule has 0 aliphatic carbocycles. The van der Waals surface area contributed by atoms with Crippen LogP contribution in [-0.4, -0.2) is 7.85 Å². The molecule has 0 aliphatic heterocycles. The first kappa shape index (κ1) is 13.1. The maximum atomic E-state index is 5.92. The van der Waals surface area contributed by atoms with Crippen molar-refractivity contribution in [1.82, 2.24) is 0 Å². The summed E-state index contributed by atoms with van der Waals surface area (Å²) in [6.45, 7) is 13.7. The molecule has 0 aromatic heterocycles. The summed E-state index contributed by atoms with van der Waals surface area (Å²) in [5.74, 6) is 3.28. The molecule has 0 saturated carbocycles. The standard InChI is InChI=1S/C12H25B/c1-7-8(2)9(3)10(4)11(5)12(6)13/h8-12H,7H2,1-6H3/t8?,9?,10?,11-,12-/m1/s1. The van der Waals surface area contributed by atoms with E-state index in [0.29, 0.717) is 11.7 Å². The highest BCUT2D eigenvalue weighted by atomic mass is 14.3. The summed E-state index contributed by atoms with van der Waals surface area (Å²) in [6, 6.07) is 0. The fourth-order valence-electron chi connectivity index (χ4n) is 1.85. The van der Waals surface area contributed by atoms with E-state index in [4.69, 9.17) is 7.85 Å². The van der Waals surface area contributed by atoms with Crippen molar-refractivity contribution in [3.63, 3.8) is 0 Å². The van der Waals surface area contributed by atoms with Crippen LogP contribution in [0.2, 0.25) is 5.82 Å². The van der Waals surface area contributed by atoms with Gasteiger partial charge in [-0.2, -0.15) is 0 Å². The highest BCUT2D eigenvalue weighted by molar-refractivity contribution is 6.11. The summed E-state index contributed by atoms with van der Waals surface area (Å²) in [7, 11) is 5.92. The van der Waals surface area contributed by atoms with E-state index in [1.54, 1.807) is 0 Å². The van der Waals surface area contributed by atoms with Crippen molar-refractivity contribution >= 4 is 7.85 Å². The van der Waals surface area contributed by atoms with Gasteiger partial charge in [0.05, 0.1) is 7.85 Å². The monoisotopic (exact) mass is 180 g/mol. The van der Waals surface area contributed by atoms with Gasteiger partial charge >= 0.3 is 0 Å². The predicted molar refractivity (Wildman–Crippen MR) is 62.1 cm³/mol. The first-order chi connectivity index (χ1) is 5.91. The van der Waals surface area contributed by atoms with Gasteiger partial charge in [0.1, 0.15) is 0 Å². The highest BCUT2D eigenvalue weighted by Crippen LogP contribution is 2.33. The van der Waals surface area contributed by atoms with Crippen LogP contribution in [0.15, 0.2) is 0 Å². The summed E-state index contributed by atoms with van der Waals surface area (Å²) < 4.78 is 0. The Morgan fingerprint density at radius 3 is 1.62 bits per heavy atom.